The van der Waals surface area contributed by atoms with E-state index in [-0.39, 0.29) is 22.4 Å². The molecule has 1 aromatic rings. The number of carboxylic acid groups (broad SMARTS) is 2. The number of rotatable bonds is 5. The van der Waals surface area contributed by atoms with Crippen LogP contribution in [-0.2, 0) is 9.59 Å². The lowest BCUT2D eigenvalue weighted by atomic mass is 10.1. The van der Waals surface area contributed by atoms with Gasteiger partial charge in [-0.3, -0.25) is 14.5 Å². The Morgan fingerprint density at radius 1 is 1.27 bits per heavy atom. The van der Waals surface area contributed by atoms with Crippen molar-refractivity contribution in [2.24, 2.45) is 10.2 Å². The number of carbonyl (C=O) groups excluding carboxylic acids is 1. The second-order valence-corrected chi connectivity index (χ2v) is 5.16. The fraction of sp³-hybridized carbons (Fsp3) is 0.154. The minimum Gasteiger partial charge on any atom is -0.480 e. The van der Waals surface area contributed by atoms with E-state index < -0.39 is 18.5 Å². The molecule has 0 radical (unpaired) electrons. The first kappa shape index (κ1) is 15.7. The van der Waals surface area contributed by atoms with E-state index in [1.165, 1.54) is 18.3 Å². The molecule has 1 aliphatic heterocycles. The summed E-state index contributed by atoms with van der Waals surface area (Å²) >= 11 is 1.11. The molecule has 0 aromatic heterocycles. The van der Waals surface area contributed by atoms with Crippen LogP contribution >= 0.6 is 11.8 Å². The Morgan fingerprint density at radius 3 is 2.55 bits per heavy atom. The topological polar surface area (TPSA) is 120 Å². The zero-order chi connectivity index (χ0) is 16.1. The maximum atomic E-state index is 11.5. The number of amidine groups is 1. The zero-order valence-electron chi connectivity index (χ0n) is 11.2. The van der Waals surface area contributed by atoms with Crippen molar-refractivity contribution in [3.05, 3.63) is 35.4 Å². The molecule has 0 aliphatic carbocycles. The number of nitrogens with zero attached hydrogens (tertiary/aromatic N) is 3. The molecule has 1 fully saturated rings. The maximum Gasteiger partial charge on any atom is 0.335 e. The van der Waals surface area contributed by atoms with Gasteiger partial charge in [-0.15, -0.1) is 5.10 Å². The van der Waals surface area contributed by atoms with Crippen LogP contribution in [0, 0.1) is 0 Å². The van der Waals surface area contributed by atoms with E-state index in [9.17, 15) is 14.4 Å². The van der Waals surface area contributed by atoms with Gasteiger partial charge in [0.25, 0.3) is 0 Å². The summed E-state index contributed by atoms with van der Waals surface area (Å²) in [7, 11) is 0. The maximum absolute atomic E-state index is 11.5. The number of thioether (sulfide) groups is 1. The van der Waals surface area contributed by atoms with Crippen molar-refractivity contribution in [1.82, 2.24) is 4.90 Å². The molecule has 2 N–H and O–H groups in total. The van der Waals surface area contributed by atoms with Crippen LogP contribution in [0.3, 0.4) is 0 Å². The molecule has 8 nitrogen and oxygen atoms in total. The van der Waals surface area contributed by atoms with Gasteiger partial charge in [0.05, 0.1) is 17.5 Å². The van der Waals surface area contributed by atoms with Gasteiger partial charge in [-0.05, 0) is 17.7 Å². The molecule has 1 heterocycles. The quantitative estimate of drug-likeness (QED) is 0.609. The summed E-state index contributed by atoms with van der Waals surface area (Å²) in [4.78, 5) is 34.0. The van der Waals surface area contributed by atoms with E-state index in [1.807, 2.05) is 0 Å². The van der Waals surface area contributed by atoms with E-state index in [0.29, 0.717) is 5.56 Å². The first-order chi connectivity index (χ1) is 10.5. The van der Waals surface area contributed by atoms with Crippen molar-refractivity contribution in [2.45, 2.75) is 0 Å². The molecular formula is C13H11N3O5S. The number of hydrogen-bond acceptors (Lipinski definition) is 6. The SMILES string of the molecule is O=C(O)CN1C(=O)CSC1=NN=Cc1ccc(C(=O)O)cc1. The number of carbonyl (C=O) groups is 3. The van der Waals surface area contributed by atoms with Gasteiger partial charge in [0.15, 0.2) is 5.17 Å². The van der Waals surface area contributed by atoms with Crippen LogP contribution in [0.2, 0.25) is 0 Å². The molecule has 22 heavy (non-hydrogen) atoms. The van der Waals surface area contributed by atoms with Crippen molar-refractivity contribution < 1.29 is 24.6 Å². The molecule has 1 saturated heterocycles. The third kappa shape index (κ3) is 3.92. The van der Waals surface area contributed by atoms with Gasteiger partial charge >= 0.3 is 11.9 Å². The van der Waals surface area contributed by atoms with Crippen molar-refractivity contribution >= 4 is 41.0 Å². The van der Waals surface area contributed by atoms with Crippen LogP contribution in [-0.4, -0.2) is 56.6 Å². The van der Waals surface area contributed by atoms with Gasteiger partial charge in [-0.25, -0.2) is 4.79 Å². The predicted octanol–water partition coefficient (Wildman–Crippen LogP) is 0.735. The lowest BCUT2D eigenvalue weighted by molar-refractivity contribution is -0.140. The van der Waals surface area contributed by atoms with Gasteiger partial charge in [-0.2, -0.15) is 5.10 Å². The average molecular weight is 321 g/mol. The molecule has 0 unspecified atom stereocenters. The number of amides is 1. The Bertz CT molecular complexity index is 669. The van der Waals surface area contributed by atoms with Gasteiger partial charge < -0.3 is 10.2 Å². The average Bonchev–Trinajstić information content (AvgIpc) is 2.80. The van der Waals surface area contributed by atoms with Crippen molar-refractivity contribution in [3.63, 3.8) is 0 Å². The number of hydrogen-bond donors (Lipinski definition) is 2. The van der Waals surface area contributed by atoms with Gasteiger partial charge in [0.2, 0.25) is 5.91 Å². The summed E-state index contributed by atoms with van der Waals surface area (Å²) in [6.07, 6.45) is 1.39. The molecule has 0 saturated carbocycles. The van der Waals surface area contributed by atoms with Crippen molar-refractivity contribution in [2.75, 3.05) is 12.3 Å². The Labute approximate surface area is 129 Å². The van der Waals surface area contributed by atoms with Gasteiger partial charge in [0, 0.05) is 0 Å². The van der Waals surface area contributed by atoms with Crippen molar-refractivity contribution in [1.29, 1.82) is 0 Å². The normalized spacial score (nSPS) is 16.6. The summed E-state index contributed by atoms with van der Waals surface area (Å²) in [6, 6.07) is 5.99. The minimum absolute atomic E-state index is 0.134. The summed E-state index contributed by atoms with van der Waals surface area (Å²) in [6.45, 7) is -0.451. The smallest absolute Gasteiger partial charge is 0.335 e. The Kier molecular flexibility index (Phi) is 4.89. The minimum atomic E-state index is -1.13. The van der Waals surface area contributed by atoms with Crippen LogP contribution in [0.15, 0.2) is 34.5 Å². The highest BCUT2D eigenvalue weighted by molar-refractivity contribution is 8.15. The number of aromatic carboxylic acids is 1. The molecule has 0 bridgehead atoms. The van der Waals surface area contributed by atoms with Crippen LogP contribution in [0.4, 0.5) is 0 Å². The highest BCUT2D eigenvalue weighted by Gasteiger charge is 2.29. The highest BCUT2D eigenvalue weighted by Crippen LogP contribution is 2.19. The number of carboxylic acids is 2. The third-order valence-electron chi connectivity index (χ3n) is 2.66. The number of benzene rings is 1. The fourth-order valence-electron chi connectivity index (χ4n) is 1.62. The lowest BCUT2D eigenvalue weighted by Crippen LogP contribution is -2.34. The molecule has 2 rings (SSSR count). The van der Waals surface area contributed by atoms with Crippen LogP contribution in [0.1, 0.15) is 15.9 Å². The van der Waals surface area contributed by atoms with E-state index in [2.05, 4.69) is 10.2 Å². The largest absolute Gasteiger partial charge is 0.480 e. The van der Waals surface area contributed by atoms with E-state index >= 15 is 0 Å². The fourth-order valence-corrected chi connectivity index (χ4v) is 2.45. The summed E-state index contributed by atoms with van der Waals surface area (Å²) in [5.74, 6) is -2.34. The van der Waals surface area contributed by atoms with Crippen molar-refractivity contribution in [3.8, 4) is 0 Å². The Morgan fingerprint density at radius 2 is 1.95 bits per heavy atom. The zero-order valence-corrected chi connectivity index (χ0v) is 12.0. The Hall–Kier alpha value is -2.68. The van der Waals surface area contributed by atoms with Gasteiger partial charge in [0.1, 0.15) is 6.54 Å². The predicted molar refractivity (Wildman–Crippen MR) is 80.2 cm³/mol. The summed E-state index contributed by atoms with van der Waals surface area (Å²) in [5.41, 5.74) is 0.793. The molecule has 9 heteroatoms. The van der Waals surface area contributed by atoms with Crippen LogP contribution < -0.4 is 0 Å². The third-order valence-corrected chi connectivity index (χ3v) is 3.61. The Balaban J connectivity index is 2.07. The molecule has 0 atom stereocenters. The summed E-state index contributed by atoms with van der Waals surface area (Å²) < 4.78 is 0. The number of aliphatic carboxylic acids is 1. The molecule has 114 valence electrons. The van der Waals surface area contributed by atoms with E-state index in [0.717, 1.165) is 16.7 Å². The highest BCUT2D eigenvalue weighted by atomic mass is 32.2. The molecule has 1 aliphatic rings. The first-order valence-corrected chi connectivity index (χ1v) is 7.05. The second kappa shape index (κ2) is 6.85. The summed E-state index contributed by atoms with van der Waals surface area (Å²) in [5, 5.41) is 25.4. The monoisotopic (exact) mass is 321 g/mol. The molecule has 1 aromatic carbocycles. The first-order valence-electron chi connectivity index (χ1n) is 6.06. The van der Waals surface area contributed by atoms with E-state index in [4.69, 9.17) is 10.2 Å². The molecule has 0 spiro atoms. The molecule has 1 amide bonds. The second-order valence-electron chi connectivity index (χ2n) is 4.22. The van der Waals surface area contributed by atoms with Gasteiger partial charge in [-0.1, -0.05) is 23.9 Å². The van der Waals surface area contributed by atoms with Crippen LogP contribution in [0.5, 0.6) is 0 Å². The molecular weight excluding hydrogens is 310 g/mol. The standard InChI is InChI=1S/C13H11N3O5S/c17-10-7-22-13(16(10)6-11(18)19)15-14-5-8-1-3-9(4-2-8)12(20)21/h1-5H,6-7H2,(H,18,19)(H,20,21). The lowest BCUT2D eigenvalue weighted by Gasteiger charge is -2.11. The van der Waals surface area contributed by atoms with E-state index in [1.54, 1.807) is 12.1 Å². The van der Waals surface area contributed by atoms with Crippen LogP contribution in [0.25, 0.3) is 0 Å².